The smallest absolute Gasteiger partial charge is 0.438 e. The topological polar surface area (TPSA) is 57.3 Å². The van der Waals surface area contributed by atoms with E-state index in [0.717, 1.165) is 18.9 Å². The Morgan fingerprint density at radius 2 is 1.54 bits per heavy atom. The highest BCUT2D eigenvalue weighted by Gasteiger charge is 2.49. The lowest BCUT2D eigenvalue weighted by atomic mass is 9.91. The van der Waals surface area contributed by atoms with Gasteiger partial charge in [-0.05, 0) is 18.8 Å². The summed E-state index contributed by atoms with van der Waals surface area (Å²) < 4.78 is 20.7. The van der Waals surface area contributed by atoms with Gasteiger partial charge in [-0.25, -0.2) is 4.79 Å². The van der Waals surface area contributed by atoms with Gasteiger partial charge in [0.2, 0.25) is 5.79 Å². The van der Waals surface area contributed by atoms with Crippen LogP contribution in [0.25, 0.3) is 0 Å². The van der Waals surface area contributed by atoms with Gasteiger partial charge < -0.3 is 18.9 Å². The molecule has 2 rings (SSSR count). The lowest BCUT2D eigenvalue weighted by Gasteiger charge is -2.18. The van der Waals surface area contributed by atoms with Crippen molar-refractivity contribution in [3.63, 3.8) is 0 Å². The molecule has 152 valence electrons. The van der Waals surface area contributed by atoms with E-state index < -0.39 is 11.9 Å². The van der Waals surface area contributed by atoms with Crippen molar-refractivity contribution in [3.8, 4) is 0 Å². The van der Waals surface area contributed by atoms with Crippen LogP contribution in [0.1, 0.15) is 89.9 Å². The van der Waals surface area contributed by atoms with E-state index in [2.05, 4.69) is 4.74 Å². The zero-order chi connectivity index (χ0) is 18.5. The molecule has 1 unspecified atom stereocenters. The van der Waals surface area contributed by atoms with E-state index in [1.165, 1.54) is 84.2 Å². The van der Waals surface area contributed by atoms with E-state index >= 15 is 0 Å². The Hall–Kier alpha value is -0.810. The van der Waals surface area contributed by atoms with E-state index in [-0.39, 0.29) is 0 Å². The molecule has 1 heterocycles. The summed E-state index contributed by atoms with van der Waals surface area (Å²) >= 11 is 0. The molecule has 0 spiro atoms. The molecule has 0 bridgehead atoms. The number of ether oxygens (including phenoxy) is 4. The average Bonchev–Trinajstić information content (AvgIpc) is 3.39. The number of methoxy groups -OCH3 is 1. The van der Waals surface area contributed by atoms with Crippen LogP contribution in [0.5, 0.6) is 0 Å². The Bertz CT molecular complexity index is 369. The SMILES string of the molecule is COC(=O)OC1(CCCOCCC2CCCCCCCCCCC2)CO1. The number of epoxide rings is 1. The number of hydrogen-bond acceptors (Lipinski definition) is 5. The number of hydrogen-bond donors (Lipinski definition) is 0. The highest BCUT2D eigenvalue weighted by atomic mass is 16.8. The molecule has 0 aromatic rings. The van der Waals surface area contributed by atoms with Crippen molar-refractivity contribution in [1.29, 1.82) is 0 Å². The van der Waals surface area contributed by atoms with Gasteiger partial charge in [0, 0.05) is 19.6 Å². The molecule has 1 saturated carbocycles. The molecule has 2 fully saturated rings. The quantitative estimate of drug-likeness (QED) is 0.316. The van der Waals surface area contributed by atoms with E-state index in [0.29, 0.717) is 19.6 Å². The Morgan fingerprint density at radius 1 is 0.962 bits per heavy atom. The zero-order valence-corrected chi connectivity index (χ0v) is 16.6. The maximum absolute atomic E-state index is 11.2. The van der Waals surface area contributed by atoms with Gasteiger partial charge in [0.1, 0.15) is 6.61 Å². The molecule has 1 atom stereocenters. The molecule has 1 saturated heterocycles. The van der Waals surface area contributed by atoms with Crippen LogP contribution >= 0.6 is 0 Å². The third-order valence-corrected chi connectivity index (χ3v) is 5.64. The second-order valence-corrected chi connectivity index (χ2v) is 7.89. The third kappa shape index (κ3) is 9.22. The molecule has 0 aromatic heterocycles. The average molecular weight is 371 g/mol. The molecule has 1 aliphatic heterocycles. The summed E-state index contributed by atoms with van der Waals surface area (Å²) in [6.07, 6.45) is 17.5. The molecule has 0 radical (unpaired) electrons. The molecule has 26 heavy (non-hydrogen) atoms. The Morgan fingerprint density at radius 3 is 2.08 bits per heavy atom. The largest absolute Gasteiger partial charge is 0.510 e. The van der Waals surface area contributed by atoms with Gasteiger partial charge in [-0.15, -0.1) is 0 Å². The molecule has 1 aliphatic carbocycles. The normalized spacial score (nSPS) is 25.7. The second-order valence-electron chi connectivity index (χ2n) is 7.89. The van der Waals surface area contributed by atoms with Gasteiger partial charge >= 0.3 is 6.16 Å². The van der Waals surface area contributed by atoms with Crippen molar-refractivity contribution >= 4 is 6.16 Å². The first-order valence-electron chi connectivity index (χ1n) is 10.7. The first-order valence-corrected chi connectivity index (χ1v) is 10.7. The predicted octanol–water partition coefficient (Wildman–Crippen LogP) is 5.60. The lowest BCUT2D eigenvalue weighted by Crippen LogP contribution is -2.22. The van der Waals surface area contributed by atoms with Crippen LogP contribution in [0.3, 0.4) is 0 Å². The molecule has 5 nitrogen and oxygen atoms in total. The first-order chi connectivity index (χ1) is 12.7. The molecule has 5 heteroatoms. The van der Waals surface area contributed by atoms with E-state index in [1.54, 1.807) is 0 Å². The van der Waals surface area contributed by atoms with Crippen molar-refractivity contribution in [2.24, 2.45) is 5.92 Å². The Balaban J connectivity index is 1.52. The Labute approximate surface area is 159 Å². The maximum Gasteiger partial charge on any atom is 0.510 e. The van der Waals surface area contributed by atoms with Gasteiger partial charge in [-0.1, -0.05) is 70.6 Å². The molecular weight excluding hydrogens is 332 g/mol. The van der Waals surface area contributed by atoms with Gasteiger partial charge in [0.15, 0.2) is 0 Å². The molecule has 0 amide bonds. The monoisotopic (exact) mass is 370 g/mol. The van der Waals surface area contributed by atoms with Gasteiger partial charge in [-0.3, -0.25) is 0 Å². The molecular formula is C21H38O5. The molecule has 0 N–H and O–H groups in total. The van der Waals surface area contributed by atoms with Crippen LogP contribution in [0.2, 0.25) is 0 Å². The number of carbonyl (C=O) groups is 1. The second kappa shape index (κ2) is 12.6. The van der Waals surface area contributed by atoms with Crippen LogP contribution < -0.4 is 0 Å². The standard InChI is InChI=1S/C21H38O5/c1-23-20(22)26-21(18-25-21)15-11-16-24-17-14-19-12-9-7-5-3-2-4-6-8-10-13-19/h19H,2-18H2,1H3. The van der Waals surface area contributed by atoms with Crippen molar-refractivity contribution in [1.82, 2.24) is 0 Å². The maximum atomic E-state index is 11.2. The van der Waals surface area contributed by atoms with Crippen LogP contribution in [0.4, 0.5) is 4.79 Å². The lowest BCUT2D eigenvalue weighted by molar-refractivity contribution is -0.0358. The van der Waals surface area contributed by atoms with Gasteiger partial charge in [0.25, 0.3) is 0 Å². The van der Waals surface area contributed by atoms with E-state index in [9.17, 15) is 4.79 Å². The minimum Gasteiger partial charge on any atom is -0.438 e. The van der Waals surface area contributed by atoms with E-state index in [4.69, 9.17) is 14.2 Å². The minimum absolute atomic E-state index is 0.462. The summed E-state index contributed by atoms with van der Waals surface area (Å²) in [6, 6.07) is 0. The Kier molecular flexibility index (Phi) is 10.4. The summed E-state index contributed by atoms with van der Waals surface area (Å²) in [4.78, 5) is 11.2. The van der Waals surface area contributed by atoms with E-state index in [1.807, 2.05) is 0 Å². The van der Waals surface area contributed by atoms with Gasteiger partial charge in [-0.2, -0.15) is 0 Å². The molecule has 2 aliphatic rings. The number of rotatable bonds is 8. The van der Waals surface area contributed by atoms with Crippen molar-refractivity contribution in [3.05, 3.63) is 0 Å². The predicted molar refractivity (Wildman–Crippen MR) is 101 cm³/mol. The number of carbonyl (C=O) groups excluding carboxylic acids is 1. The third-order valence-electron chi connectivity index (χ3n) is 5.64. The van der Waals surface area contributed by atoms with Crippen LogP contribution in [-0.4, -0.2) is 38.9 Å². The fourth-order valence-corrected chi connectivity index (χ4v) is 3.86. The summed E-state index contributed by atoms with van der Waals surface area (Å²) in [7, 11) is 1.31. The van der Waals surface area contributed by atoms with Crippen LogP contribution in [0.15, 0.2) is 0 Å². The summed E-state index contributed by atoms with van der Waals surface area (Å²) in [5.74, 6) is 0.0828. The summed E-state index contributed by atoms with van der Waals surface area (Å²) in [6.45, 7) is 2.00. The van der Waals surface area contributed by atoms with Crippen LogP contribution in [0, 0.1) is 5.92 Å². The van der Waals surface area contributed by atoms with Crippen molar-refractivity contribution < 1.29 is 23.7 Å². The molecule has 0 aromatic carbocycles. The zero-order valence-electron chi connectivity index (χ0n) is 16.6. The van der Waals surface area contributed by atoms with Crippen LogP contribution in [-0.2, 0) is 18.9 Å². The highest BCUT2D eigenvalue weighted by Crippen LogP contribution is 2.34. The fourth-order valence-electron chi connectivity index (χ4n) is 3.86. The fraction of sp³-hybridized carbons (Fsp3) is 0.952. The van der Waals surface area contributed by atoms with Crippen molar-refractivity contribution in [2.75, 3.05) is 26.9 Å². The minimum atomic E-state index is -0.746. The highest BCUT2D eigenvalue weighted by molar-refractivity contribution is 5.60. The summed E-state index contributed by atoms with van der Waals surface area (Å²) in [5, 5.41) is 0. The van der Waals surface area contributed by atoms with Gasteiger partial charge in [0.05, 0.1) is 7.11 Å². The first kappa shape index (κ1) is 21.5. The van der Waals surface area contributed by atoms with Crippen molar-refractivity contribution in [2.45, 2.75) is 95.7 Å². The summed E-state index contributed by atoms with van der Waals surface area (Å²) in [5.41, 5.74) is 0.